The molecular formula is C13H21N3O3. The molecule has 2 amide bonds. The Morgan fingerprint density at radius 3 is 2.37 bits per heavy atom. The first-order valence-corrected chi connectivity index (χ1v) is 6.45. The lowest BCUT2D eigenvalue weighted by Crippen LogP contribution is -2.55. The molecule has 19 heavy (non-hydrogen) atoms. The predicted octanol–water partition coefficient (Wildman–Crippen LogP) is 0.152. The molecule has 0 bridgehead atoms. The number of piperazine rings is 1. The fraction of sp³-hybridized carbons (Fsp3) is 0.692. The van der Waals surface area contributed by atoms with E-state index in [-0.39, 0.29) is 6.03 Å². The van der Waals surface area contributed by atoms with E-state index in [1.807, 2.05) is 11.8 Å². The average Bonchev–Trinajstić information content (AvgIpc) is 2.43. The summed E-state index contributed by atoms with van der Waals surface area (Å²) in [6, 6.07) is -0.576. The summed E-state index contributed by atoms with van der Waals surface area (Å²) in [5, 5.41) is 8.95. The molecule has 0 aromatic heterocycles. The summed E-state index contributed by atoms with van der Waals surface area (Å²) in [5.74, 6) is 1.64. The SMILES string of the molecule is C#CCN(CC)C(=O)N1CCN(C(C)C(=O)O)CC1. The standard InChI is InChI=1S/C13H21N3O3/c1-4-6-14(5-2)13(19)16-9-7-15(8-10-16)11(3)12(17)18/h1,11H,5-10H2,2-3H3,(H,17,18). The van der Waals surface area contributed by atoms with E-state index in [0.717, 1.165) is 0 Å². The van der Waals surface area contributed by atoms with Crippen LogP contribution in [-0.4, -0.2) is 77.1 Å². The van der Waals surface area contributed by atoms with Crippen LogP contribution in [0.4, 0.5) is 4.79 Å². The maximum atomic E-state index is 12.2. The summed E-state index contributed by atoms with van der Waals surface area (Å²) < 4.78 is 0. The summed E-state index contributed by atoms with van der Waals surface area (Å²) >= 11 is 0. The molecule has 1 aliphatic rings. The van der Waals surface area contributed by atoms with Crippen molar-refractivity contribution in [1.29, 1.82) is 0 Å². The fourth-order valence-electron chi connectivity index (χ4n) is 2.08. The smallest absolute Gasteiger partial charge is 0.320 e. The monoisotopic (exact) mass is 267 g/mol. The molecule has 0 radical (unpaired) electrons. The molecule has 6 nitrogen and oxygen atoms in total. The molecule has 1 fully saturated rings. The Kier molecular flexibility index (Phi) is 5.64. The Morgan fingerprint density at radius 1 is 1.37 bits per heavy atom. The lowest BCUT2D eigenvalue weighted by molar-refractivity contribution is -0.143. The number of rotatable bonds is 4. The highest BCUT2D eigenvalue weighted by Gasteiger charge is 2.28. The number of hydrogen-bond donors (Lipinski definition) is 1. The zero-order chi connectivity index (χ0) is 14.4. The van der Waals surface area contributed by atoms with E-state index in [1.165, 1.54) is 0 Å². The van der Waals surface area contributed by atoms with Crippen LogP contribution < -0.4 is 0 Å². The Balaban J connectivity index is 2.51. The third kappa shape index (κ3) is 3.86. The van der Waals surface area contributed by atoms with Gasteiger partial charge in [0.15, 0.2) is 0 Å². The van der Waals surface area contributed by atoms with E-state index in [4.69, 9.17) is 11.5 Å². The maximum Gasteiger partial charge on any atom is 0.320 e. The second-order valence-electron chi connectivity index (χ2n) is 4.54. The van der Waals surface area contributed by atoms with E-state index in [2.05, 4.69) is 5.92 Å². The van der Waals surface area contributed by atoms with Crippen molar-refractivity contribution >= 4 is 12.0 Å². The highest BCUT2D eigenvalue weighted by molar-refractivity contribution is 5.75. The second-order valence-corrected chi connectivity index (χ2v) is 4.54. The van der Waals surface area contributed by atoms with Crippen molar-refractivity contribution in [2.24, 2.45) is 0 Å². The van der Waals surface area contributed by atoms with E-state index >= 15 is 0 Å². The molecule has 0 aromatic carbocycles. The number of terminal acetylenes is 1. The van der Waals surface area contributed by atoms with Gasteiger partial charge in [-0.2, -0.15) is 0 Å². The maximum absolute atomic E-state index is 12.2. The number of aliphatic carboxylic acids is 1. The summed E-state index contributed by atoms with van der Waals surface area (Å²) in [6.07, 6.45) is 5.23. The van der Waals surface area contributed by atoms with Crippen molar-refractivity contribution in [2.75, 3.05) is 39.3 Å². The molecule has 1 N–H and O–H groups in total. The number of carboxylic acids is 1. The van der Waals surface area contributed by atoms with Gasteiger partial charge >= 0.3 is 12.0 Å². The number of nitrogens with zero attached hydrogens (tertiary/aromatic N) is 3. The fourth-order valence-corrected chi connectivity index (χ4v) is 2.08. The van der Waals surface area contributed by atoms with Crippen LogP contribution >= 0.6 is 0 Å². The van der Waals surface area contributed by atoms with Gasteiger partial charge in [-0.15, -0.1) is 6.42 Å². The van der Waals surface area contributed by atoms with E-state index < -0.39 is 12.0 Å². The molecule has 1 rings (SSSR count). The van der Waals surface area contributed by atoms with Crippen LogP contribution in [0.15, 0.2) is 0 Å². The normalized spacial score (nSPS) is 17.6. The van der Waals surface area contributed by atoms with Crippen LogP contribution in [0.1, 0.15) is 13.8 Å². The zero-order valence-corrected chi connectivity index (χ0v) is 11.5. The van der Waals surface area contributed by atoms with Crippen LogP contribution in [0.25, 0.3) is 0 Å². The Morgan fingerprint density at radius 2 is 1.95 bits per heavy atom. The number of urea groups is 1. The van der Waals surface area contributed by atoms with Crippen LogP contribution in [-0.2, 0) is 4.79 Å². The van der Waals surface area contributed by atoms with Gasteiger partial charge in [-0.25, -0.2) is 4.79 Å². The summed E-state index contributed by atoms with van der Waals surface area (Å²) in [7, 11) is 0. The van der Waals surface area contributed by atoms with Gasteiger partial charge in [-0.1, -0.05) is 5.92 Å². The Hall–Kier alpha value is -1.74. The summed E-state index contributed by atoms with van der Waals surface area (Å²) in [4.78, 5) is 28.3. The first-order valence-electron chi connectivity index (χ1n) is 6.45. The first kappa shape index (κ1) is 15.3. The minimum Gasteiger partial charge on any atom is -0.480 e. The number of carbonyl (C=O) groups is 2. The van der Waals surface area contributed by atoms with Gasteiger partial charge in [-0.05, 0) is 13.8 Å². The van der Waals surface area contributed by atoms with Crippen molar-refractivity contribution < 1.29 is 14.7 Å². The van der Waals surface area contributed by atoms with Gasteiger partial charge < -0.3 is 14.9 Å². The number of carbonyl (C=O) groups excluding carboxylic acids is 1. The number of carboxylic acid groups (broad SMARTS) is 1. The Bertz CT molecular complexity index is 370. The molecule has 6 heteroatoms. The highest BCUT2D eigenvalue weighted by atomic mass is 16.4. The lowest BCUT2D eigenvalue weighted by atomic mass is 10.2. The first-order chi connectivity index (χ1) is 9.01. The zero-order valence-electron chi connectivity index (χ0n) is 11.5. The van der Waals surface area contributed by atoms with Gasteiger partial charge in [-0.3, -0.25) is 9.69 Å². The van der Waals surface area contributed by atoms with Gasteiger partial charge in [0.05, 0.1) is 6.54 Å². The minimum absolute atomic E-state index is 0.0666. The van der Waals surface area contributed by atoms with Crippen molar-refractivity contribution in [3.63, 3.8) is 0 Å². The summed E-state index contributed by atoms with van der Waals surface area (Å²) in [5.41, 5.74) is 0. The van der Waals surface area contributed by atoms with Gasteiger partial charge in [0, 0.05) is 32.7 Å². The topological polar surface area (TPSA) is 64.1 Å². The molecule has 0 aromatic rings. The van der Waals surface area contributed by atoms with E-state index in [9.17, 15) is 9.59 Å². The molecule has 0 aliphatic carbocycles. The number of hydrogen-bond acceptors (Lipinski definition) is 3. The molecule has 1 aliphatic heterocycles. The third-order valence-corrected chi connectivity index (χ3v) is 3.42. The van der Waals surface area contributed by atoms with Crippen molar-refractivity contribution in [3.05, 3.63) is 0 Å². The van der Waals surface area contributed by atoms with Crippen LogP contribution in [0, 0.1) is 12.3 Å². The summed E-state index contributed by atoms with van der Waals surface area (Å²) in [6.45, 7) is 6.67. The molecule has 1 atom stereocenters. The van der Waals surface area contributed by atoms with Crippen LogP contribution in [0.2, 0.25) is 0 Å². The van der Waals surface area contributed by atoms with Gasteiger partial charge in [0.1, 0.15) is 6.04 Å². The van der Waals surface area contributed by atoms with Crippen molar-refractivity contribution in [3.8, 4) is 12.3 Å². The molecule has 0 spiro atoms. The van der Waals surface area contributed by atoms with Crippen molar-refractivity contribution in [1.82, 2.24) is 14.7 Å². The molecule has 0 saturated carbocycles. The molecule has 1 heterocycles. The molecular weight excluding hydrogens is 246 g/mol. The van der Waals surface area contributed by atoms with Crippen LogP contribution in [0.5, 0.6) is 0 Å². The van der Waals surface area contributed by atoms with E-state index in [0.29, 0.717) is 39.3 Å². The van der Waals surface area contributed by atoms with Gasteiger partial charge in [0.2, 0.25) is 0 Å². The average molecular weight is 267 g/mol. The largest absolute Gasteiger partial charge is 0.480 e. The molecule has 1 saturated heterocycles. The molecule has 106 valence electrons. The number of amides is 2. The van der Waals surface area contributed by atoms with Crippen LogP contribution in [0.3, 0.4) is 0 Å². The van der Waals surface area contributed by atoms with Crippen molar-refractivity contribution in [2.45, 2.75) is 19.9 Å². The third-order valence-electron chi connectivity index (χ3n) is 3.42. The quantitative estimate of drug-likeness (QED) is 0.737. The Labute approximate surface area is 114 Å². The predicted molar refractivity (Wildman–Crippen MR) is 71.7 cm³/mol. The highest BCUT2D eigenvalue weighted by Crippen LogP contribution is 2.09. The van der Waals surface area contributed by atoms with Gasteiger partial charge in [0.25, 0.3) is 0 Å². The van der Waals surface area contributed by atoms with E-state index in [1.54, 1.807) is 16.7 Å². The molecule has 1 unspecified atom stereocenters. The minimum atomic E-state index is -0.831. The lowest BCUT2D eigenvalue weighted by Gasteiger charge is -2.38. The second kappa shape index (κ2) is 7.00.